The zero-order valence-electron chi connectivity index (χ0n) is 11.6. The van der Waals surface area contributed by atoms with E-state index < -0.39 is 0 Å². The molecular formula is C17H17NO2. The summed E-state index contributed by atoms with van der Waals surface area (Å²) in [5.74, 6) is 0.856. The van der Waals surface area contributed by atoms with Crippen molar-refractivity contribution in [3.05, 3.63) is 64.7 Å². The molecule has 20 heavy (non-hydrogen) atoms. The Bertz CT molecular complexity index is 664. The highest BCUT2D eigenvalue weighted by atomic mass is 16.5. The summed E-state index contributed by atoms with van der Waals surface area (Å²) < 4.78 is 5.45. The molecule has 0 aliphatic carbocycles. The molecule has 1 N–H and O–H groups in total. The average Bonchev–Trinajstić information content (AvgIpc) is 2.46. The van der Waals surface area contributed by atoms with E-state index in [2.05, 4.69) is 17.4 Å². The Balaban J connectivity index is 2.15. The molecule has 1 aliphatic rings. The molecule has 102 valence electrons. The third-order valence-electron chi connectivity index (χ3n) is 3.72. The Labute approximate surface area is 118 Å². The van der Waals surface area contributed by atoms with Crippen LogP contribution in [0.3, 0.4) is 0 Å². The molecule has 1 heterocycles. The van der Waals surface area contributed by atoms with E-state index in [9.17, 15) is 4.79 Å². The molecule has 1 unspecified atom stereocenters. The lowest BCUT2D eigenvalue weighted by Gasteiger charge is -2.28. The van der Waals surface area contributed by atoms with Gasteiger partial charge in [-0.2, -0.15) is 0 Å². The van der Waals surface area contributed by atoms with Gasteiger partial charge in [0.05, 0.1) is 19.6 Å². The molecule has 3 heteroatoms. The van der Waals surface area contributed by atoms with E-state index in [-0.39, 0.29) is 11.9 Å². The van der Waals surface area contributed by atoms with Crippen molar-refractivity contribution < 1.29 is 9.53 Å². The van der Waals surface area contributed by atoms with E-state index in [1.165, 1.54) is 0 Å². The van der Waals surface area contributed by atoms with Crippen molar-refractivity contribution in [2.75, 3.05) is 7.11 Å². The van der Waals surface area contributed by atoms with Crippen LogP contribution in [-0.2, 0) is 11.2 Å². The minimum Gasteiger partial charge on any atom is -0.496 e. The number of rotatable bonds is 2. The van der Waals surface area contributed by atoms with Crippen molar-refractivity contribution in [1.29, 1.82) is 0 Å². The first-order valence-corrected chi connectivity index (χ1v) is 6.71. The molecule has 3 nitrogen and oxygen atoms in total. The second-order valence-electron chi connectivity index (χ2n) is 5.12. The number of carbonyl (C=O) groups excluding carboxylic acids is 1. The Morgan fingerprint density at radius 2 is 1.95 bits per heavy atom. The number of carbonyl (C=O) groups is 1. The number of methoxy groups -OCH3 is 1. The van der Waals surface area contributed by atoms with Gasteiger partial charge in [-0.3, -0.25) is 4.79 Å². The van der Waals surface area contributed by atoms with Crippen molar-refractivity contribution in [3.63, 3.8) is 0 Å². The summed E-state index contributed by atoms with van der Waals surface area (Å²) in [5.41, 5.74) is 4.40. The Hall–Kier alpha value is -2.29. The number of aryl methyl sites for hydroxylation is 1. The molecule has 1 atom stereocenters. The van der Waals surface area contributed by atoms with Crippen LogP contribution >= 0.6 is 0 Å². The fourth-order valence-electron chi connectivity index (χ4n) is 2.76. The molecule has 2 aromatic rings. The number of benzene rings is 2. The first-order chi connectivity index (χ1) is 9.69. The maximum absolute atomic E-state index is 11.9. The highest BCUT2D eigenvalue weighted by Gasteiger charge is 2.27. The third kappa shape index (κ3) is 2.16. The van der Waals surface area contributed by atoms with Crippen molar-refractivity contribution in [3.8, 4) is 5.75 Å². The molecule has 2 aromatic carbocycles. The number of amides is 1. The predicted molar refractivity (Wildman–Crippen MR) is 77.9 cm³/mol. The van der Waals surface area contributed by atoms with Crippen LogP contribution in [0, 0.1) is 6.92 Å². The molecule has 0 radical (unpaired) electrons. The summed E-state index contributed by atoms with van der Waals surface area (Å²) in [5, 5.41) is 3.07. The highest BCUT2D eigenvalue weighted by Crippen LogP contribution is 2.34. The molecule has 0 spiro atoms. The van der Waals surface area contributed by atoms with Crippen LogP contribution in [0.15, 0.2) is 42.5 Å². The van der Waals surface area contributed by atoms with Crippen LogP contribution in [0.1, 0.15) is 28.3 Å². The number of hydrogen-bond donors (Lipinski definition) is 1. The van der Waals surface area contributed by atoms with Gasteiger partial charge in [0.15, 0.2) is 0 Å². The molecule has 3 rings (SSSR count). The molecule has 0 saturated heterocycles. The Kier molecular flexibility index (Phi) is 3.18. The predicted octanol–water partition coefficient (Wildman–Crippen LogP) is 2.77. The fraction of sp³-hybridized carbons (Fsp3) is 0.235. The summed E-state index contributed by atoms with van der Waals surface area (Å²) in [7, 11) is 1.66. The topological polar surface area (TPSA) is 38.3 Å². The van der Waals surface area contributed by atoms with E-state index in [0.29, 0.717) is 6.42 Å². The van der Waals surface area contributed by atoms with E-state index in [1.807, 2.05) is 37.3 Å². The number of fused-ring (bicyclic) bond motifs is 1. The van der Waals surface area contributed by atoms with E-state index in [0.717, 1.165) is 28.0 Å². The van der Waals surface area contributed by atoms with E-state index in [1.54, 1.807) is 7.11 Å². The normalized spacial score (nSPS) is 17.3. The summed E-state index contributed by atoms with van der Waals surface area (Å²) in [6, 6.07) is 14.0. The summed E-state index contributed by atoms with van der Waals surface area (Å²) in [6.07, 6.45) is 0.445. The van der Waals surface area contributed by atoms with Crippen molar-refractivity contribution in [2.45, 2.75) is 19.4 Å². The maximum Gasteiger partial charge on any atom is 0.225 e. The number of hydrogen-bond acceptors (Lipinski definition) is 2. The van der Waals surface area contributed by atoms with Crippen LogP contribution in [0.5, 0.6) is 5.75 Å². The van der Waals surface area contributed by atoms with Gasteiger partial charge in [-0.25, -0.2) is 0 Å². The van der Waals surface area contributed by atoms with Gasteiger partial charge in [-0.1, -0.05) is 35.9 Å². The lowest BCUT2D eigenvalue weighted by atomic mass is 9.88. The summed E-state index contributed by atoms with van der Waals surface area (Å²) in [6.45, 7) is 2.04. The molecule has 0 saturated carbocycles. The molecular weight excluding hydrogens is 250 g/mol. The number of nitrogens with one attached hydrogen (secondary N) is 1. The van der Waals surface area contributed by atoms with Crippen LogP contribution in [0.4, 0.5) is 0 Å². The molecule has 0 fully saturated rings. The summed E-state index contributed by atoms with van der Waals surface area (Å²) >= 11 is 0. The van der Waals surface area contributed by atoms with E-state index in [4.69, 9.17) is 4.74 Å². The first kappa shape index (κ1) is 12.7. The van der Waals surface area contributed by atoms with Gasteiger partial charge in [-0.05, 0) is 30.2 Å². The lowest BCUT2D eigenvalue weighted by molar-refractivity contribution is -0.121. The van der Waals surface area contributed by atoms with Crippen molar-refractivity contribution in [2.24, 2.45) is 0 Å². The highest BCUT2D eigenvalue weighted by molar-refractivity contribution is 5.82. The third-order valence-corrected chi connectivity index (χ3v) is 3.72. The van der Waals surface area contributed by atoms with Gasteiger partial charge >= 0.3 is 0 Å². The van der Waals surface area contributed by atoms with Gasteiger partial charge in [0.2, 0.25) is 5.91 Å². The van der Waals surface area contributed by atoms with Gasteiger partial charge in [0.1, 0.15) is 5.75 Å². The lowest BCUT2D eigenvalue weighted by Crippen LogP contribution is -2.36. The zero-order chi connectivity index (χ0) is 14.1. The quantitative estimate of drug-likeness (QED) is 0.908. The molecule has 1 amide bonds. The SMILES string of the molecule is COc1ccc(C)cc1C1NC(=O)Cc2ccccc21. The average molecular weight is 267 g/mol. The van der Waals surface area contributed by atoms with Crippen LogP contribution < -0.4 is 10.1 Å². The standard InChI is InChI=1S/C17H17NO2/c1-11-7-8-15(20-2)14(9-11)17-13-6-4-3-5-12(13)10-16(19)18-17/h3-9,17H,10H2,1-2H3,(H,18,19). The molecule has 0 bridgehead atoms. The fourth-order valence-corrected chi connectivity index (χ4v) is 2.76. The van der Waals surface area contributed by atoms with Gasteiger partial charge < -0.3 is 10.1 Å². The number of ether oxygens (including phenoxy) is 1. The van der Waals surface area contributed by atoms with Crippen molar-refractivity contribution in [1.82, 2.24) is 5.32 Å². The summed E-state index contributed by atoms with van der Waals surface area (Å²) in [4.78, 5) is 11.9. The minimum absolute atomic E-state index is 0.0530. The molecule has 1 aliphatic heterocycles. The maximum atomic E-state index is 11.9. The first-order valence-electron chi connectivity index (χ1n) is 6.71. The smallest absolute Gasteiger partial charge is 0.225 e. The van der Waals surface area contributed by atoms with Crippen LogP contribution in [-0.4, -0.2) is 13.0 Å². The van der Waals surface area contributed by atoms with E-state index >= 15 is 0 Å². The second kappa shape index (κ2) is 5.00. The van der Waals surface area contributed by atoms with Crippen LogP contribution in [0.2, 0.25) is 0 Å². The van der Waals surface area contributed by atoms with Crippen molar-refractivity contribution >= 4 is 5.91 Å². The Morgan fingerprint density at radius 1 is 1.15 bits per heavy atom. The Morgan fingerprint density at radius 3 is 2.75 bits per heavy atom. The van der Waals surface area contributed by atoms with Gasteiger partial charge in [0, 0.05) is 5.56 Å². The minimum atomic E-state index is -0.137. The molecule has 0 aromatic heterocycles. The largest absolute Gasteiger partial charge is 0.496 e. The van der Waals surface area contributed by atoms with Crippen LogP contribution in [0.25, 0.3) is 0 Å². The monoisotopic (exact) mass is 267 g/mol. The zero-order valence-corrected chi connectivity index (χ0v) is 11.6. The van der Waals surface area contributed by atoms with Gasteiger partial charge in [-0.15, -0.1) is 0 Å². The van der Waals surface area contributed by atoms with Gasteiger partial charge in [0.25, 0.3) is 0 Å². The second-order valence-corrected chi connectivity index (χ2v) is 5.12.